The molecular formula is C14H19N3O2. The van der Waals surface area contributed by atoms with E-state index in [1.165, 1.54) is 0 Å². The van der Waals surface area contributed by atoms with Gasteiger partial charge in [0.2, 0.25) is 0 Å². The summed E-state index contributed by atoms with van der Waals surface area (Å²) >= 11 is 0. The number of aromatic carboxylic acids is 1. The molecule has 0 spiro atoms. The van der Waals surface area contributed by atoms with Gasteiger partial charge in [-0.3, -0.25) is 0 Å². The van der Waals surface area contributed by atoms with Crippen LogP contribution in [-0.2, 0) is 6.54 Å². The van der Waals surface area contributed by atoms with E-state index in [-0.39, 0.29) is 5.56 Å². The standard InChI is InChI=1S/C14H19N3O2/c1-4-16(3)8-9-17-10(2)15-13-11(14(18)19)6-5-7-12(13)17/h5-7H,4,8-9H2,1-3H3,(H,18,19). The van der Waals surface area contributed by atoms with Crippen LogP contribution in [0.5, 0.6) is 0 Å². The van der Waals surface area contributed by atoms with Crippen LogP contribution < -0.4 is 0 Å². The second-order valence-electron chi connectivity index (χ2n) is 4.69. The molecule has 5 nitrogen and oxygen atoms in total. The minimum absolute atomic E-state index is 0.267. The van der Waals surface area contributed by atoms with Gasteiger partial charge in [-0.25, -0.2) is 9.78 Å². The Bertz CT molecular complexity index is 604. The van der Waals surface area contributed by atoms with Gasteiger partial charge in [0.05, 0.1) is 11.1 Å². The SMILES string of the molecule is CCN(C)CCn1c(C)nc2c(C(=O)O)cccc21. The van der Waals surface area contributed by atoms with E-state index in [9.17, 15) is 9.90 Å². The van der Waals surface area contributed by atoms with Crippen LogP contribution in [0.4, 0.5) is 0 Å². The number of fused-ring (bicyclic) bond motifs is 1. The monoisotopic (exact) mass is 261 g/mol. The Morgan fingerprint density at radius 3 is 2.84 bits per heavy atom. The molecule has 2 aromatic rings. The number of carbonyl (C=O) groups is 1. The van der Waals surface area contributed by atoms with E-state index in [2.05, 4.69) is 28.4 Å². The van der Waals surface area contributed by atoms with Crippen molar-refractivity contribution in [2.45, 2.75) is 20.4 Å². The van der Waals surface area contributed by atoms with E-state index < -0.39 is 5.97 Å². The largest absolute Gasteiger partial charge is 0.478 e. The Morgan fingerprint density at radius 2 is 2.21 bits per heavy atom. The Labute approximate surface area is 112 Å². The number of hydrogen-bond acceptors (Lipinski definition) is 3. The lowest BCUT2D eigenvalue weighted by atomic mass is 10.2. The summed E-state index contributed by atoms with van der Waals surface area (Å²) in [6, 6.07) is 5.29. The molecule has 0 saturated heterocycles. The third-order valence-electron chi connectivity index (χ3n) is 3.45. The minimum atomic E-state index is -0.930. The van der Waals surface area contributed by atoms with Crippen molar-refractivity contribution in [3.63, 3.8) is 0 Å². The molecule has 2 rings (SSSR count). The van der Waals surface area contributed by atoms with Crippen LogP contribution in [0.3, 0.4) is 0 Å². The van der Waals surface area contributed by atoms with E-state index in [0.29, 0.717) is 5.52 Å². The van der Waals surface area contributed by atoms with Crippen LogP contribution >= 0.6 is 0 Å². The summed E-state index contributed by atoms with van der Waals surface area (Å²) in [6.45, 7) is 6.75. The molecule has 0 atom stereocenters. The Kier molecular flexibility index (Phi) is 3.85. The Morgan fingerprint density at radius 1 is 1.47 bits per heavy atom. The van der Waals surface area contributed by atoms with Crippen molar-refractivity contribution in [2.24, 2.45) is 0 Å². The van der Waals surface area contributed by atoms with E-state index in [1.807, 2.05) is 13.0 Å². The molecule has 0 radical (unpaired) electrons. The fourth-order valence-corrected chi connectivity index (χ4v) is 2.15. The van der Waals surface area contributed by atoms with Crippen LogP contribution in [0, 0.1) is 6.92 Å². The van der Waals surface area contributed by atoms with Crippen molar-refractivity contribution in [1.29, 1.82) is 0 Å². The molecule has 0 aliphatic rings. The smallest absolute Gasteiger partial charge is 0.337 e. The van der Waals surface area contributed by atoms with Gasteiger partial charge in [0.1, 0.15) is 11.3 Å². The molecule has 0 saturated carbocycles. The van der Waals surface area contributed by atoms with Crippen molar-refractivity contribution in [2.75, 3.05) is 20.1 Å². The van der Waals surface area contributed by atoms with Crippen molar-refractivity contribution >= 4 is 17.0 Å². The van der Waals surface area contributed by atoms with Gasteiger partial charge < -0.3 is 14.6 Å². The Hall–Kier alpha value is -1.88. The zero-order chi connectivity index (χ0) is 14.0. The molecule has 0 fully saturated rings. The molecule has 19 heavy (non-hydrogen) atoms. The lowest BCUT2D eigenvalue weighted by Gasteiger charge is -2.15. The second-order valence-corrected chi connectivity index (χ2v) is 4.69. The number of aryl methyl sites for hydroxylation is 1. The quantitative estimate of drug-likeness (QED) is 0.894. The number of para-hydroxylation sites is 1. The third kappa shape index (κ3) is 2.61. The molecule has 1 aromatic carbocycles. The molecular weight excluding hydrogens is 242 g/mol. The zero-order valence-corrected chi connectivity index (χ0v) is 11.6. The summed E-state index contributed by atoms with van der Waals surface area (Å²) in [5.74, 6) is -0.0749. The van der Waals surface area contributed by atoms with Crippen LogP contribution in [0.25, 0.3) is 11.0 Å². The van der Waals surface area contributed by atoms with Crippen LogP contribution in [-0.4, -0.2) is 45.7 Å². The van der Waals surface area contributed by atoms with Gasteiger partial charge in [-0.15, -0.1) is 0 Å². The van der Waals surface area contributed by atoms with Crippen molar-refractivity contribution < 1.29 is 9.90 Å². The third-order valence-corrected chi connectivity index (χ3v) is 3.45. The molecule has 0 unspecified atom stereocenters. The lowest BCUT2D eigenvalue weighted by Crippen LogP contribution is -2.23. The highest BCUT2D eigenvalue weighted by Crippen LogP contribution is 2.20. The van der Waals surface area contributed by atoms with Gasteiger partial charge in [-0.1, -0.05) is 13.0 Å². The first-order valence-corrected chi connectivity index (χ1v) is 6.42. The highest BCUT2D eigenvalue weighted by molar-refractivity contribution is 6.01. The fraction of sp³-hybridized carbons (Fsp3) is 0.429. The summed E-state index contributed by atoms with van der Waals surface area (Å²) in [7, 11) is 2.07. The van der Waals surface area contributed by atoms with Crippen LogP contribution in [0.1, 0.15) is 23.1 Å². The number of carboxylic acids is 1. The molecule has 0 amide bonds. The molecule has 5 heteroatoms. The lowest BCUT2D eigenvalue weighted by molar-refractivity contribution is 0.0699. The van der Waals surface area contributed by atoms with Gasteiger partial charge in [-0.2, -0.15) is 0 Å². The van der Waals surface area contributed by atoms with Gasteiger partial charge in [0.15, 0.2) is 0 Å². The highest BCUT2D eigenvalue weighted by atomic mass is 16.4. The number of imidazole rings is 1. The average molecular weight is 261 g/mol. The number of benzene rings is 1. The molecule has 1 heterocycles. The van der Waals surface area contributed by atoms with Crippen LogP contribution in [0.2, 0.25) is 0 Å². The maximum atomic E-state index is 11.2. The average Bonchev–Trinajstić information content (AvgIpc) is 2.71. The first-order chi connectivity index (χ1) is 9.04. The molecule has 102 valence electrons. The summed E-state index contributed by atoms with van der Waals surface area (Å²) < 4.78 is 2.08. The van der Waals surface area contributed by atoms with E-state index in [1.54, 1.807) is 12.1 Å². The summed E-state index contributed by atoms with van der Waals surface area (Å²) in [5.41, 5.74) is 1.73. The van der Waals surface area contributed by atoms with Gasteiger partial charge in [0.25, 0.3) is 0 Å². The van der Waals surface area contributed by atoms with E-state index >= 15 is 0 Å². The first kappa shape index (κ1) is 13.5. The number of hydrogen-bond donors (Lipinski definition) is 1. The van der Waals surface area contributed by atoms with Crippen molar-refractivity contribution in [3.8, 4) is 0 Å². The number of likely N-dealkylation sites (N-methyl/N-ethyl adjacent to an activating group) is 1. The number of aromatic nitrogens is 2. The first-order valence-electron chi connectivity index (χ1n) is 6.42. The molecule has 1 aromatic heterocycles. The number of nitrogens with zero attached hydrogens (tertiary/aromatic N) is 3. The molecule has 1 N–H and O–H groups in total. The highest BCUT2D eigenvalue weighted by Gasteiger charge is 2.14. The number of carboxylic acid groups (broad SMARTS) is 1. The van der Waals surface area contributed by atoms with E-state index in [4.69, 9.17) is 0 Å². The topological polar surface area (TPSA) is 58.4 Å². The van der Waals surface area contributed by atoms with Gasteiger partial charge in [-0.05, 0) is 32.6 Å². The normalized spacial score (nSPS) is 11.4. The maximum absolute atomic E-state index is 11.2. The van der Waals surface area contributed by atoms with E-state index in [0.717, 1.165) is 31.0 Å². The second kappa shape index (κ2) is 5.40. The maximum Gasteiger partial charge on any atom is 0.337 e. The number of rotatable bonds is 5. The molecule has 0 aliphatic carbocycles. The summed E-state index contributed by atoms with van der Waals surface area (Å²) in [6.07, 6.45) is 0. The van der Waals surface area contributed by atoms with Gasteiger partial charge >= 0.3 is 5.97 Å². The Balaban J connectivity index is 2.42. The predicted molar refractivity (Wildman–Crippen MR) is 74.6 cm³/mol. The fourth-order valence-electron chi connectivity index (χ4n) is 2.15. The molecule has 0 bridgehead atoms. The summed E-state index contributed by atoms with van der Waals surface area (Å²) in [5, 5.41) is 9.18. The minimum Gasteiger partial charge on any atom is -0.478 e. The predicted octanol–water partition coefficient (Wildman–Crippen LogP) is 1.99. The van der Waals surface area contributed by atoms with Crippen molar-refractivity contribution in [3.05, 3.63) is 29.6 Å². The zero-order valence-electron chi connectivity index (χ0n) is 11.6. The summed E-state index contributed by atoms with van der Waals surface area (Å²) in [4.78, 5) is 17.8. The van der Waals surface area contributed by atoms with Gasteiger partial charge in [0, 0.05) is 13.1 Å². The van der Waals surface area contributed by atoms with Crippen LogP contribution in [0.15, 0.2) is 18.2 Å². The molecule has 0 aliphatic heterocycles. The van der Waals surface area contributed by atoms with Crippen molar-refractivity contribution in [1.82, 2.24) is 14.5 Å².